The van der Waals surface area contributed by atoms with E-state index >= 15 is 0 Å². The Labute approximate surface area is 210 Å². The Morgan fingerprint density at radius 2 is 1.50 bits per heavy atom. The molecule has 6 heteroatoms. The molecule has 0 saturated heterocycles. The molecule has 0 bridgehead atoms. The van der Waals surface area contributed by atoms with Crippen LogP contribution in [-0.2, 0) is 11.3 Å². The lowest BCUT2D eigenvalue weighted by atomic mass is 10.1. The molecule has 0 atom stereocenters. The summed E-state index contributed by atoms with van der Waals surface area (Å²) in [7, 11) is 3.21. The van der Waals surface area contributed by atoms with Crippen molar-refractivity contribution in [3.63, 3.8) is 0 Å². The molecule has 0 aliphatic heterocycles. The molecule has 5 rings (SSSR count). The number of allylic oxidation sites excluding steroid dienone is 3. The molecule has 1 aliphatic carbocycles. The van der Waals surface area contributed by atoms with E-state index in [1.807, 2.05) is 66.7 Å². The average Bonchev–Trinajstić information content (AvgIpc) is 2.93. The molecule has 36 heavy (non-hydrogen) atoms. The van der Waals surface area contributed by atoms with Gasteiger partial charge in [-0.2, -0.15) is 0 Å². The third-order valence-corrected chi connectivity index (χ3v) is 5.80. The van der Waals surface area contributed by atoms with Gasteiger partial charge in [0, 0.05) is 30.1 Å². The van der Waals surface area contributed by atoms with Crippen molar-refractivity contribution in [3.05, 3.63) is 108 Å². The zero-order valence-electron chi connectivity index (χ0n) is 20.3. The fraction of sp³-hybridized carbons (Fsp3) is 0.167. The van der Waals surface area contributed by atoms with Crippen LogP contribution in [0.2, 0.25) is 0 Å². The van der Waals surface area contributed by atoms with Crippen molar-refractivity contribution in [1.29, 1.82) is 0 Å². The van der Waals surface area contributed by atoms with Gasteiger partial charge in [0.1, 0.15) is 35.4 Å². The highest BCUT2D eigenvalue weighted by atomic mass is 16.5. The summed E-state index contributed by atoms with van der Waals surface area (Å²) in [6.45, 7) is 0.550. The van der Waals surface area contributed by atoms with Gasteiger partial charge in [-0.3, -0.25) is 4.98 Å². The molecule has 3 aromatic carbocycles. The van der Waals surface area contributed by atoms with Crippen LogP contribution in [0.5, 0.6) is 28.7 Å². The van der Waals surface area contributed by atoms with E-state index in [9.17, 15) is 0 Å². The van der Waals surface area contributed by atoms with E-state index < -0.39 is 0 Å². The molecule has 182 valence electrons. The first-order valence-electron chi connectivity index (χ1n) is 11.8. The first-order valence-corrected chi connectivity index (χ1v) is 11.8. The molecule has 0 saturated carbocycles. The molecule has 1 aromatic heterocycles. The van der Waals surface area contributed by atoms with Gasteiger partial charge in [-0.25, -0.2) is 0 Å². The Morgan fingerprint density at radius 3 is 2.25 bits per heavy atom. The maximum Gasteiger partial charge on any atom is 0.162 e. The number of hydrogen-bond acceptors (Lipinski definition) is 6. The topological polar surface area (TPSA) is 59.0 Å². The van der Waals surface area contributed by atoms with Crippen molar-refractivity contribution >= 4 is 10.9 Å². The summed E-state index contributed by atoms with van der Waals surface area (Å²) < 4.78 is 29.0. The van der Waals surface area contributed by atoms with Crippen molar-refractivity contribution in [1.82, 2.24) is 4.98 Å². The summed E-state index contributed by atoms with van der Waals surface area (Å²) in [5, 5.41) is 0.830. The smallest absolute Gasteiger partial charge is 0.162 e. The first kappa shape index (κ1) is 23.3. The number of nitrogens with zero attached hydrogens (tertiary/aromatic N) is 1. The predicted octanol–water partition coefficient (Wildman–Crippen LogP) is 7.20. The number of methoxy groups -OCH3 is 2. The molecule has 0 N–H and O–H groups in total. The highest BCUT2D eigenvalue weighted by Gasteiger charge is 2.12. The maximum atomic E-state index is 6.16. The van der Waals surface area contributed by atoms with Crippen LogP contribution in [-0.4, -0.2) is 19.2 Å². The zero-order chi connectivity index (χ0) is 24.7. The van der Waals surface area contributed by atoms with Crippen molar-refractivity contribution in [2.24, 2.45) is 0 Å². The van der Waals surface area contributed by atoms with Gasteiger partial charge < -0.3 is 23.7 Å². The van der Waals surface area contributed by atoms with E-state index in [4.69, 9.17) is 23.7 Å². The lowest BCUT2D eigenvalue weighted by Gasteiger charge is -2.16. The molecule has 0 fully saturated rings. The van der Waals surface area contributed by atoms with E-state index in [0.717, 1.165) is 46.6 Å². The highest BCUT2D eigenvalue weighted by Crippen LogP contribution is 2.37. The van der Waals surface area contributed by atoms with E-state index in [2.05, 4.69) is 23.2 Å². The summed E-state index contributed by atoms with van der Waals surface area (Å²) in [5.74, 6) is 5.02. The monoisotopic (exact) mass is 481 g/mol. The van der Waals surface area contributed by atoms with Crippen molar-refractivity contribution in [2.45, 2.75) is 19.4 Å². The van der Waals surface area contributed by atoms with E-state index in [1.165, 1.54) is 0 Å². The lowest BCUT2D eigenvalue weighted by molar-refractivity contribution is 0.186. The number of fused-ring (bicyclic) bond motifs is 1. The van der Waals surface area contributed by atoms with Gasteiger partial charge in [0.05, 0.1) is 19.7 Å². The Hall–Kier alpha value is -4.45. The minimum Gasteiger partial charge on any atom is -0.493 e. The van der Waals surface area contributed by atoms with Crippen LogP contribution >= 0.6 is 0 Å². The number of aromatic nitrogens is 1. The van der Waals surface area contributed by atoms with Crippen LogP contribution in [0.4, 0.5) is 0 Å². The Morgan fingerprint density at radius 1 is 0.778 bits per heavy atom. The van der Waals surface area contributed by atoms with Crippen molar-refractivity contribution in [2.75, 3.05) is 14.2 Å². The van der Waals surface area contributed by atoms with Gasteiger partial charge in [-0.1, -0.05) is 30.3 Å². The molecule has 0 spiro atoms. The van der Waals surface area contributed by atoms with Crippen molar-refractivity contribution in [3.8, 4) is 28.7 Å². The van der Waals surface area contributed by atoms with Gasteiger partial charge in [0.2, 0.25) is 0 Å². The van der Waals surface area contributed by atoms with Crippen LogP contribution in [0.3, 0.4) is 0 Å². The Balaban J connectivity index is 1.25. The second kappa shape index (κ2) is 10.9. The molecule has 0 amide bonds. The van der Waals surface area contributed by atoms with Gasteiger partial charge in [-0.15, -0.1) is 0 Å². The quantitative estimate of drug-likeness (QED) is 0.252. The summed E-state index contributed by atoms with van der Waals surface area (Å²) >= 11 is 0. The van der Waals surface area contributed by atoms with Crippen LogP contribution in [0.1, 0.15) is 18.4 Å². The molecule has 0 unspecified atom stereocenters. The summed E-state index contributed by atoms with van der Waals surface area (Å²) in [6.07, 6.45) is 7.48. The van der Waals surface area contributed by atoms with Crippen LogP contribution in [0.25, 0.3) is 10.9 Å². The molecular weight excluding hydrogens is 454 g/mol. The van der Waals surface area contributed by atoms with E-state index in [-0.39, 0.29) is 0 Å². The molecule has 1 aliphatic rings. The molecule has 6 nitrogen and oxygen atoms in total. The van der Waals surface area contributed by atoms with Crippen molar-refractivity contribution < 1.29 is 23.7 Å². The second-order valence-electron chi connectivity index (χ2n) is 8.24. The first-order chi connectivity index (χ1) is 17.7. The Bertz CT molecular complexity index is 1390. The van der Waals surface area contributed by atoms with E-state index in [0.29, 0.717) is 29.6 Å². The Kier molecular flexibility index (Phi) is 7.03. The fourth-order valence-corrected chi connectivity index (χ4v) is 3.96. The predicted molar refractivity (Wildman–Crippen MR) is 139 cm³/mol. The van der Waals surface area contributed by atoms with Gasteiger partial charge in [-0.05, 0) is 54.5 Å². The fourth-order valence-electron chi connectivity index (χ4n) is 3.96. The summed E-state index contributed by atoms with van der Waals surface area (Å²) in [4.78, 5) is 4.43. The maximum absolute atomic E-state index is 6.16. The van der Waals surface area contributed by atoms with E-state index in [1.54, 1.807) is 20.4 Å². The second-order valence-corrected chi connectivity index (χ2v) is 8.24. The minimum absolute atomic E-state index is 0.550. The third-order valence-electron chi connectivity index (χ3n) is 5.80. The number of rotatable bonds is 9. The largest absolute Gasteiger partial charge is 0.493 e. The average molecular weight is 482 g/mol. The third kappa shape index (κ3) is 5.44. The van der Waals surface area contributed by atoms with Gasteiger partial charge in [0.25, 0.3) is 0 Å². The standard InChI is InChI=1S/C30H27NO5/c1-32-29-18-26-27(19-30(29)33-2)31-16-15-28(26)36-23-13-11-22(12-14-23)35-25-10-6-9-24(17-25)34-20-21-7-4-3-5-8-21/h3-5,7-8,10-19H,6,9,20H2,1-2H3. The number of hydrogen-bond donors (Lipinski definition) is 0. The molecule has 1 heterocycles. The lowest BCUT2D eigenvalue weighted by Crippen LogP contribution is -2.02. The summed E-state index contributed by atoms with van der Waals surface area (Å²) in [5.41, 5.74) is 1.90. The minimum atomic E-state index is 0.550. The SMILES string of the molecule is COc1cc2nccc(Oc3ccc(OC4=CCCC(OCc5ccccc5)=C4)cc3)c2cc1OC. The van der Waals surface area contributed by atoms with Crippen LogP contribution in [0.15, 0.2) is 103 Å². The van der Waals surface area contributed by atoms with Crippen LogP contribution in [0, 0.1) is 0 Å². The molecule has 4 aromatic rings. The zero-order valence-corrected chi connectivity index (χ0v) is 20.3. The van der Waals surface area contributed by atoms with Crippen LogP contribution < -0.4 is 18.9 Å². The van der Waals surface area contributed by atoms with Gasteiger partial charge in [0.15, 0.2) is 11.5 Å². The highest BCUT2D eigenvalue weighted by molar-refractivity contribution is 5.88. The summed E-state index contributed by atoms with van der Waals surface area (Å²) in [6, 6.07) is 23.2. The van der Waals surface area contributed by atoms with Gasteiger partial charge >= 0.3 is 0 Å². The number of pyridine rings is 1. The molecule has 0 radical (unpaired) electrons. The normalized spacial score (nSPS) is 12.9. The molecular formula is C30H27NO5. The number of ether oxygens (including phenoxy) is 5. The number of benzene rings is 3.